The topological polar surface area (TPSA) is 37.3 Å². The largest absolute Gasteiger partial charge is 0.278 e. The van der Waals surface area contributed by atoms with Gasteiger partial charge in [0.1, 0.15) is 0 Å². The van der Waals surface area contributed by atoms with Crippen molar-refractivity contribution in [3.05, 3.63) is 96.3 Å². The summed E-state index contributed by atoms with van der Waals surface area (Å²) in [6.45, 7) is 0. The van der Waals surface area contributed by atoms with E-state index in [0.717, 1.165) is 22.7 Å². The monoisotopic (exact) mass is 287 g/mol. The lowest BCUT2D eigenvalue weighted by Gasteiger charge is -2.08. The molecule has 0 aliphatic carbocycles. The maximum atomic E-state index is 4.59. The van der Waals surface area contributed by atoms with Crippen molar-refractivity contribution in [1.82, 2.24) is 4.98 Å². The van der Waals surface area contributed by atoms with Gasteiger partial charge in [-0.05, 0) is 29.8 Å². The van der Waals surface area contributed by atoms with Crippen LogP contribution in [0.2, 0.25) is 0 Å². The molecule has 0 bridgehead atoms. The molecular formula is C19H17N3. The zero-order valence-corrected chi connectivity index (χ0v) is 12.2. The van der Waals surface area contributed by atoms with Gasteiger partial charge in [0, 0.05) is 18.3 Å². The average Bonchev–Trinajstić information content (AvgIpc) is 2.61. The highest BCUT2D eigenvalue weighted by molar-refractivity contribution is 6.02. The summed E-state index contributed by atoms with van der Waals surface area (Å²) in [5.41, 5.74) is 7.15. The van der Waals surface area contributed by atoms with Crippen molar-refractivity contribution in [1.29, 1.82) is 0 Å². The summed E-state index contributed by atoms with van der Waals surface area (Å²) < 4.78 is 0. The number of hydrazone groups is 1. The molecule has 3 rings (SSSR count). The van der Waals surface area contributed by atoms with Crippen molar-refractivity contribution in [3.8, 4) is 0 Å². The minimum atomic E-state index is 0.685. The van der Waals surface area contributed by atoms with E-state index in [-0.39, 0.29) is 0 Å². The fraction of sp³-hybridized carbons (Fsp3) is 0.0526. The van der Waals surface area contributed by atoms with Crippen molar-refractivity contribution in [2.45, 2.75) is 6.42 Å². The van der Waals surface area contributed by atoms with Crippen molar-refractivity contribution in [2.24, 2.45) is 5.10 Å². The number of hydrogen-bond donors (Lipinski definition) is 1. The zero-order chi connectivity index (χ0) is 15.0. The number of anilines is 1. The highest BCUT2D eigenvalue weighted by Crippen LogP contribution is 2.10. The summed E-state index contributed by atoms with van der Waals surface area (Å²) in [5, 5.41) is 4.59. The SMILES string of the molecule is c1ccc(NN=C(Cc2ccccn2)c2ccccc2)cc1. The Bertz CT molecular complexity index is 722. The van der Waals surface area contributed by atoms with Crippen LogP contribution in [0, 0.1) is 0 Å². The number of aromatic nitrogens is 1. The van der Waals surface area contributed by atoms with E-state index in [1.807, 2.05) is 72.9 Å². The lowest BCUT2D eigenvalue weighted by Crippen LogP contribution is -2.09. The molecule has 0 aliphatic rings. The number of nitrogens with zero attached hydrogens (tertiary/aromatic N) is 2. The van der Waals surface area contributed by atoms with Gasteiger partial charge in [-0.15, -0.1) is 0 Å². The van der Waals surface area contributed by atoms with Crippen molar-refractivity contribution in [2.75, 3.05) is 5.43 Å². The first-order valence-corrected chi connectivity index (χ1v) is 7.25. The molecular weight excluding hydrogens is 270 g/mol. The highest BCUT2D eigenvalue weighted by Gasteiger charge is 2.06. The van der Waals surface area contributed by atoms with Crippen LogP contribution in [0.4, 0.5) is 5.69 Å². The Balaban J connectivity index is 1.86. The zero-order valence-electron chi connectivity index (χ0n) is 12.2. The van der Waals surface area contributed by atoms with Gasteiger partial charge >= 0.3 is 0 Å². The van der Waals surface area contributed by atoms with E-state index in [1.54, 1.807) is 0 Å². The molecule has 0 radical (unpaired) electrons. The predicted octanol–water partition coefficient (Wildman–Crippen LogP) is 4.14. The van der Waals surface area contributed by atoms with E-state index in [0.29, 0.717) is 6.42 Å². The van der Waals surface area contributed by atoms with E-state index in [2.05, 4.69) is 27.6 Å². The number of hydrogen-bond acceptors (Lipinski definition) is 3. The van der Waals surface area contributed by atoms with Gasteiger partial charge in [-0.3, -0.25) is 10.4 Å². The van der Waals surface area contributed by atoms with Gasteiger partial charge in [-0.25, -0.2) is 0 Å². The number of benzene rings is 2. The minimum Gasteiger partial charge on any atom is -0.278 e. The molecule has 22 heavy (non-hydrogen) atoms. The molecule has 0 saturated heterocycles. The molecule has 1 aromatic heterocycles. The third-order valence-electron chi connectivity index (χ3n) is 3.28. The van der Waals surface area contributed by atoms with Crippen LogP contribution in [-0.2, 0) is 6.42 Å². The van der Waals surface area contributed by atoms with E-state index in [9.17, 15) is 0 Å². The summed E-state index contributed by atoms with van der Waals surface area (Å²) in [6, 6.07) is 26.0. The van der Waals surface area contributed by atoms with Crippen LogP contribution in [-0.4, -0.2) is 10.7 Å². The molecule has 0 amide bonds. The van der Waals surface area contributed by atoms with E-state index >= 15 is 0 Å². The normalized spacial score (nSPS) is 11.2. The molecule has 3 aromatic rings. The number of rotatable bonds is 5. The van der Waals surface area contributed by atoms with Gasteiger partial charge in [-0.1, -0.05) is 54.6 Å². The van der Waals surface area contributed by atoms with Crippen LogP contribution in [0.15, 0.2) is 90.2 Å². The number of para-hydroxylation sites is 1. The lowest BCUT2D eigenvalue weighted by atomic mass is 10.1. The quantitative estimate of drug-likeness (QED) is 0.565. The van der Waals surface area contributed by atoms with E-state index < -0.39 is 0 Å². The standard InChI is InChI=1S/C19H17N3/c1-3-9-16(10-4-1)19(15-18-13-7-8-14-20-18)22-21-17-11-5-2-6-12-17/h1-14,21H,15H2. The molecule has 108 valence electrons. The van der Waals surface area contributed by atoms with Crippen LogP contribution in [0.5, 0.6) is 0 Å². The first-order chi connectivity index (χ1) is 10.9. The summed E-state index contributed by atoms with van der Waals surface area (Å²) in [4.78, 5) is 4.39. The summed E-state index contributed by atoms with van der Waals surface area (Å²) in [7, 11) is 0. The molecule has 0 atom stereocenters. The Morgan fingerprint density at radius 2 is 1.50 bits per heavy atom. The van der Waals surface area contributed by atoms with Gasteiger partial charge < -0.3 is 0 Å². The maximum Gasteiger partial charge on any atom is 0.0738 e. The predicted molar refractivity (Wildman–Crippen MR) is 91.0 cm³/mol. The second-order valence-electron chi connectivity index (χ2n) is 4.90. The highest BCUT2D eigenvalue weighted by atomic mass is 15.3. The Kier molecular flexibility index (Phi) is 4.57. The molecule has 3 nitrogen and oxygen atoms in total. The van der Waals surface area contributed by atoms with Crippen LogP contribution in [0.25, 0.3) is 0 Å². The summed E-state index contributed by atoms with van der Waals surface area (Å²) in [5.74, 6) is 0. The molecule has 3 heteroatoms. The molecule has 1 N–H and O–H groups in total. The molecule has 0 aliphatic heterocycles. The van der Waals surface area contributed by atoms with Crippen LogP contribution >= 0.6 is 0 Å². The van der Waals surface area contributed by atoms with Crippen LogP contribution in [0.3, 0.4) is 0 Å². The minimum absolute atomic E-state index is 0.685. The molecule has 0 fully saturated rings. The van der Waals surface area contributed by atoms with Gasteiger partial charge in [0.15, 0.2) is 0 Å². The molecule has 0 spiro atoms. The Morgan fingerprint density at radius 3 is 2.18 bits per heavy atom. The smallest absolute Gasteiger partial charge is 0.0738 e. The Labute approximate surface area is 130 Å². The van der Waals surface area contributed by atoms with Crippen LogP contribution < -0.4 is 5.43 Å². The van der Waals surface area contributed by atoms with Crippen molar-refractivity contribution >= 4 is 11.4 Å². The van der Waals surface area contributed by atoms with Gasteiger partial charge in [0.2, 0.25) is 0 Å². The van der Waals surface area contributed by atoms with E-state index in [1.165, 1.54) is 0 Å². The lowest BCUT2D eigenvalue weighted by molar-refractivity contribution is 1.13. The molecule has 0 unspecified atom stereocenters. The van der Waals surface area contributed by atoms with Gasteiger partial charge in [0.25, 0.3) is 0 Å². The van der Waals surface area contributed by atoms with E-state index in [4.69, 9.17) is 0 Å². The Hall–Kier alpha value is -2.94. The second kappa shape index (κ2) is 7.18. The van der Waals surface area contributed by atoms with Gasteiger partial charge in [-0.2, -0.15) is 5.10 Å². The Morgan fingerprint density at radius 1 is 0.818 bits per heavy atom. The average molecular weight is 287 g/mol. The molecule has 2 aromatic carbocycles. The fourth-order valence-electron chi connectivity index (χ4n) is 2.16. The molecule has 1 heterocycles. The van der Waals surface area contributed by atoms with Gasteiger partial charge in [0.05, 0.1) is 11.4 Å². The molecule has 0 saturated carbocycles. The number of nitrogens with one attached hydrogen (secondary N) is 1. The van der Waals surface area contributed by atoms with Crippen LogP contribution in [0.1, 0.15) is 11.3 Å². The summed E-state index contributed by atoms with van der Waals surface area (Å²) in [6.07, 6.45) is 2.49. The third kappa shape index (κ3) is 3.79. The maximum absolute atomic E-state index is 4.59. The summed E-state index contributed by atoms with van der Waals surface area (Å²) >= 11 is 0. The first kappa shape index (κ1) is 14.0. The fourth-order valence-corrected chi connectivity index (χ4v) is 2.16. The van der Waals surface area contributed by atoms with Crippen molar-refractivity contribution in [3.63, 3.8) is 0 Å². The second-order valence-corrected chi connectivity index (χ2v) is 4.90. The third-order valence-corrected chi connectivity index (χ3v) is 3.28. The van der Waals surface area contributed by atoms with Crippen molar-refractivity contribution < 1.29 is 0 Å². The number of pyridine rings is 1. The first-order valence-electron chi connectivity index (χ1n) is 7.25.